The van der Waals surface area contributed by atoms with Crippen molar-refractivity contribution >= 4 is 29.8 Å². The molecule has 0 unspecified atom stereocenters. The predicted molar refractivity (Wildman–Crippen MR) is 45.3 cm³/mol. The van der Waals surface area contributed by atoms with Gasteiger partial charge < -0.3 is 0 Å². The van der Waals surface area contributed by atoms with Crippen LogP contribution in [0, 0.1) is 0 Å². The summed E-state index contributed by atoms with van der Waals surface area (Å²) in [5.74, 6) is 0. The van der Waals surface area contributed by atoms with Gasteiger partial charge in [-0.1, -0.05) is 0 Å². The van der Waals surface area contributed by atoms with Gasteiger partial charge in [-0.05, 0) is 0 Å². The van der Waals surface area contributed by atoms with Gasteiger partial charge in [0.1, 0.15) is 0 Å². The summed E-state index contributed by atoms with van der Waals surface area (Å²) in [6.07, 6.45) is 0. The molecule has 0 saturated carbocycles. The second kappa shape index (κ2) is 2.15. The van der Waals surface area contributed by atoms with Crippen molar-refractivity contribution in [2.24, 2.45) is 0 Å². The SMILES string of the molecule is Nc1cccc2[se]ccc12. The first kappa shape index (κ1) is 6.02. The van der Waals surface area contributed by atoms with Crippen LogP contribution in [0.25, 0.3) is 9.65 Å². The molecule has 10 heavy (non-hydrogen) atoms. The summed E-state index contributed by atoms with van der Waals surface area (Å²) in [7, 11) is 0. The number of fused-ring (bicyclic) bond motifs is 1. The molecule has 2 aromatic rings. The number of nitrogen functional groups attached to an aromatic ring is 1. The summed E-state index contributed by atoms with van der Waals surface area (Å²) in [4.78, 5) is 2.20. The molecule has 0 aliphatic carbocycles. The van der Waals surface area contributed by atoms with Crippen LogP contribution in [0.5, 0.6) is 0 Å². The zero-order valence-corrected chi connectivity index (χ0v) is 7.09. The van der Waals surface area contributed by atoms with Crippen molar-refractivity contribution in [2.75, 3.05) is 5.73 Å². The second-order valence-electron chi connectivity index (χ2n) is 2.18. The molecule has 50 valence electrons. The van der Waals surface area contributed by atoms with E-state index < -0.39 is 0 Å². The molecule has 0 bridgehead atoms. The van der Waals surface area contributed by atoms with Gasteiger partial charge in [0.15, 0.2) is 0 Å². The molecule has 0 atom stereocenters. The van der Waals surface area contributed by atoms with Gasteiger partial charge in [-0.3, -0.25) is 0 Å². The first-order chi connectivity index (χ1) is 4.88. The van der Waals surface area contributed by atoms with E-state index in [0.717, 1.165) is 5.69 Å². The van der Waals surface area contributed by atoms with Crippen molar-refractivity contribution in [3.05, 3.63) is 29.2 Å². The van der Waals surface area contributed by atoms with Crippen molar-refractivity contribution in [1.29, 1.82) is 0 Å². The van der Waals surface area contributed by atoms with Crippen molar-refractivity contribution in [2.45, 2.75) is 0 Å². The number of nitrogens with two attached hydrogens (primary N) is 1. The van der Waals surface area contributed by atoms with E-state index in [1.54, 1.807) is 0 Å². The van der Waals surface area contributed by atoms with Gasteiger partial charge in [0, 0.05) is 0 Å². The first-order valence-corrected chi connectivity index (χ1v) is 4.94. The third-order valence-electron chi connectivity index (χ3n) is 1.53. The average molecular weight is 196 g/mol. The fourth-order valence-corrected chi connectivity index (χ4v) is 2.74. The van der Waals surface area contributed by atoms with Gasteiger partial charge in [-0.15, -0.1) is 0 Å². The minimum atomic E-state index is 0.532. The molecule has 0 saturated heterocycles. The number of rotatable bonds is 0. The van der Waals surface area contributed by atoms with Crippen molar-refractivity contribution in [3.8, 4) is 0 Å². The Bertz CT molecular complexity index is 351. The third-order valence-corrected chi connectivity index (χ3v) is 3.38. The molecule has 0 spiro atoms. The van der Waals surface area contributed by atoms with E-state index in [-0.39, 0.29) is 0 Å². The zero-order chi connectivity index (χ0) is 6.97. The van der Waals surface area contributed by atoms with Crippen LogP contribution in [-0.2, 0) is 0 Å². The van der Waals surface area contributed by atoms with Crippen LogP contribution >= 0.6 is 0 Å². The summed E-state index contributed by atoms with van der Waals surface area (Å²) in [5.41, 5.74) is 6.64. The topological polar surface area (TPSA) is 26.0 Å². The van der Waals surface area contributed by atoms with Crippen LogP contribution in [0.15, 0.2) is 29.2 Å². The van der Waals surface area contributed by atoms with Crippen LogP contribution in [0.3, 0.4) is 0 Å². The summed E-state index contributed by atoms with van der Waals surface area (Å²) in [6, 6.07) is 8.23. The molecule has 0 radical (unpaired) electrons. The Labute approximate surface area is 65.2 Å². The van der Waals surface area contributed by atoms with E-state index in [1.165, 1.54) is 9.65 Å². The van der Waals surface area contributed by atoms with Crippen molar-refractivity contribution in [1.82, 2.24) is 0 Å². The maximum absolute atomic E-state index is 5.73. The molecule has 1 aromatic heterocycles. The van der Waals surface area contributed by atoms with Gasteiger partial charge in [0.25, 0.3) is 0 Å². The summed E-state index contributed by atoms with van der Waals surface area (Å²) < 4.78 is 1.41. The summed E-state index contributed by atoms with van der Waals surface area (Å²) >= 11 is 0.532. The first-order valence-electron chi connectivity index (χ1n) is 3.09. The standard InChI is InChI=1S/C8H7NSe/c9-7-2-1-3-8-6(7)4-5-10-8/h1-5H,9H2. The summed E-state index contributed by atoms with van der Waals surface area (Å²) in [5, 5.41) is 1.24. The number of hydrogen-bond donors (Lipinski definition) is 1. The van der Waals surface area contributed by atoms with E-state index in [9.17, 15) is 0 Å². The minimum absolute atomic E-state index is 0.532. The molecule has 0 amide bonds. The fraction of sp³-hybridized carbons (Fsp3) is 0. The molecule has 2 rings (SSSR count). The van der Waals surface area contributed by atoms with Crippen LogP contribution in [0.2, 0.25) is 0 Å². The number of hydrogen-bond acceptors (Lipinski definition) is 1. The van der Waals surface area contributed by atoms with E-state index in [2.05, 4.69) is 17.1 Å². The molecule has 0 aliphatic rings. The molecule has 1 nitrogen and oxygen atoms in total. The molecule has 0 fully saturated rings. The van der Waals surface area contributed by atoms with Crippen LogP contribution in [0.4, 0.5) is 5.69 Å². The molecule has 2 heteroatoms. The maximum atomic E-state index is 5.73. The molecule has 1 heterocycles. The van der Waals surface area contributed by atoms with E-state index >= 15 is 0 Å². The normalized spacial score (nSPS) is 10.4. The number of benzene rings is 1. The Hall–Kier alpha value is -0.721. The molecule has 0 aliphatic heterocycles. The van der Waals surface area contributed by atoms with Crippen LogP contribution in [-0.4, -0.2) is 14.5 Å². The van der Waals surface area contributed by atoms with Gasteiger partial charge >= 0.3 is 64.8 Å². The second-order valence-corrected chi connectivity index (χ2v) is 4.17. The zero-order valence-electron chi connectivity index (χ0n) is 5.37. The van der Waals surface area contributed by atoms with E-state index in [1.807, 2.05) is 12.1 Å². The Morgan fingerprint density at radius 3 is 2.90 bits per heavy atom. The average Bonchev–Trinajstić information content (AvgIpc) is 2.36. The molecule has 1 aromatic carbocycles. The molecular weight excluding hydrogens is 189 g/mol. The number of anilines is 1. The van der Waals surface area contributed by atoms with Crippen molar-refractivity contribution in [3.63, 3.8) is 0 Å². The predicted octanol–water partition coefficient (Wildman–Crippen LogP) is 1.48. The third kappa shape index (κ3) is 0.772. The molecular formula is C8H7NSe. The quantitative estimate of drug-likeness (QED) is 0.501. The van der Waals surface area contributed by atoms with Crippen LogP contribution in [0.1, 0.15) is 0 Å². The fourth-order valence-electron chi connectivity index (χ4n) is 1.02. The monoisotopic (exact) mass is 197 g/mol. The van der Waals surface area contributed by atoms with E-state index in [4.69, 9.17) is 5.73 Å². The summed E-state index contributed by atoms with van der Waals surface area (Å²) in [6.45, 7) is 0. The Balaban J connectivity index is 2.95. The Morgan fingerprint density at radius 2 is 2.10 bits per heavy atom. The van der Waals surface area contributed by atoms with Gasteiger partial charge in [0.2, 0.25) is 0 Å². The van der Waals surface area contributed by atoms with Gasteiger partial charge in [-0.2, -0.15) is 0 Å². The Kier molecular flexibility index (Phi) is 1.30. The van der Waals surface area contributed by atoms with E-state index in [0.29, 0.717) is 14.5 Å². The molecule has 2 N–H and O–H groups in total. The van der Waals surface area contributed by atoms with Gasteiger partial charge in [0.05, 0.1) is 0 Å². The van der Waals surface area contributed by atoms with Crippen molar-refractivity contribution < 1.29 is 0 Å². The van der Waals surface area contributed by atoms with Crippen LogP contribution < -0.4 is 5.73 Å². The Morgan fingerprint density at radius 1 is 1.20 bits per heavy atom. The van der Waals surface area contributed by atoms with Gasteiger partial charge in [-0.25, -0.2) is 0 Å².